The molecule has 4 aromatic rings. The molecule has 0 amide bonds. The molecule has 1 N–H and O–H groups in total. The average molecular weight is 432 g/mol. The van der Waals surface area contributed by atoms with Crippen LogP contribution in [0.5, 0.6) is 0 Å². The van der Waals surface area contributed by atoms with Gasteiger partial charge >= 0.3 is 0 Å². The highest BCUT2D eigenvalue weighted by molar-refractivity contribution is 5.99. The monoisotopic (exact) mass is 431 g/mol. The Labute approximate surface area is 197 Å². The molecule has 0 saturated heterocycles. The molecule has 1 nitrogen and oxygen atoms in total. The van der Waals surface area contributed by atoms with Gasteiger partial charge in [0.15, 0.2) is 0 Å². The van der Waals surface area contributed by atoms with Gasteiger partial charge in [-0.3, -0.25) is 0 Å². The molecule has 4 aromatic carbocycles. The zero-order valence-electron chi connectivity index (χ0n) is 19.8. The van der Waals surface area contributed by atoms with Crippen LogP contribution in [0.2, 0.25) is 0 Å². The van der Waals surface area contributed by atoms with E-state index in [2.05, 4.69) is 104 Å². The molecular weight excluding hydrogens is 398 g/mol. The molecule has 2 aliphatic rings. The van der Waals surface area contributed by atoms with E-state index in [1.54, 1.807) is 5.56 Å². The van der Waals surface area contributed by atoms with Crippen LogP contribution in [0.15, 0.2) is 84.9 Å². The second kappa shape index (κ2) is 8.06. The van der Waals surface area contributed by atoms with E-state index < -0.39 is 0 Å². The lowest BCUT2D eigenvalue weighted by molar-refractivity contribution is 0.233. The van der Waals surface area contributed by atoms with E-state index in [4.69, 9.17) is 0 Å². The molecule has 2 fully saturated rings. The van der Waals surface area contributed by atoms with Crippen molar-refractivity contribution in [3.63, 3.8) is 0 Å². The number of para-hydroxylation sites is 1. The molecule has 0 spiro atoms. The molecule has 1 unspecified atom stereocenters. The lowest BCUT2D eigenvalue weighted by Gasteiger charge is -2.39. The Bertz CT molecular complexity index is 1310. The summed E-state index contributed by atoms with van der Waals surface area (Å²) in [6.45, 7) is 4.68. The minimum Gasteiger partial charge on any atom is -0.355 e. The number of rotatable bonds is 4. The fourth-order valence-electron chi connectivity index (χ4n) is 6.84. The lowest BCUT2D eigenvalue weighted by Crippen LogP contribution is -2.30. The topological polar surface area (TPSA) is 12.0 Å². The van der Waals surface area contributed by atoms with Crippen LogP contribution in [0.1, 0.15) is 50.2 Å². The fourth-order valence-corrected chi connectivity index (χ4v) is 6.84. The van der Waals surface area contributed by atoms with Gasteiger partial charge in [0.05, 0.1) is 0 Å². The molecule has 6 rings (SSSR count). The van der Waals surface area contributed by atoms with E-state index in [0.29, 0.717) is 5.41 Å². The van der Waals surface area contributed by atoms with Crippen molar-refractivity contribution in [1.82, 2.24) is 0 Å². The van der Waals surface area contributed by atoms with E-state index in [1.165, 1.54) is 59.6 Å². The average Bonchev–Trinajstić information content (AvgIpc) is 3.18. The first kappa shape index (κ1) is 20.5. The molecule has 3 atom stereocenters. The standard InChI is InChI=1S/C32H33N/c1-22-8-3-6-13-31(22)33-26-10-7-9-25(19-26)27-16-17-30(29-12-5-4-11-28(27)29)32(2)20-23-14-15-24(18-23)21-32/h3-13,16-17,19,23-24,33H,14-15,18,20-21H2,1-2H3/t23-,24+,32?. The summed E-state index contributed by atoms with van der Waals surface area (Å²) in [5.74, 6) is 1.85. The fraction of sp³-hybridized carbons (Fsp3) is 0.312. The maximum atomic E-state index is 3.62. The van der Waals surface area contributed by atoms with Crippen LogP contribution in [0.4, 0.5) is 11.4 Å². The van der Waals surface area contributed by atoms with Gasteiger partial charge in [0.2, 0.25) is 0 Å². The first-order valence-electron chi connectivity index (χ1n) is 12.5. The zero-order valence-corrected chi connectivity index (χ0v) is 19.8. The normalized spacial score (nSPS) is 24.2. The number of hydrogen-bond acceptors (Lipinski definition) is 1. The Kier molecular flexibility index (Phi) is 5.02. The first-order chi connectivity index (χ1) is 16.1. The Morgan fingerprint density at radius 3 is 2.27 bits per heavy atom. The number of benzene rings is 4. The van der Waals surface area contributed by atoms with Gasteiger partial charge in [-0.15, -0.1) is 0 Å². The minimum absolute atomic E-state index is 0.302. The molecule has 33 heavy (non-hydrogen) atoms. The third-order valence-corrected chi connectivity index (χ3v) is 8.30. The SMILES string of the molecule is Cc1ccccc1Nc1cccc(-c2ccc(C3(C)C[C@@H]4CC[C@@H](C4)C3)c3ccccc23)c1. The van der Waals surface area contributed by atoms with Crippen LogP contribution < -0.4 is 5.32 Å². The second-order valence-electron chi connectivity index (χ2n) is 10.7. The summed E-state index contributed by atoms with van der Waals surface area (Å²) in [7, 11) is 0. The van der Waals surface area contributed by atoms with Crippen molar-refractivity contribution in [1.29, 1.82) is 0 Å². The summed E-state index contributed by atoms with van der Waals surface area (Å²) in [4.78, 5) is 0. The Morgan fingerprint density at radius 1 is 0.758 bits per heavy atom. The van der Waals surface area contributed by atoms with Gasteiger partial charge in [0, 0.05) is 11.4 Å². The zero-order chi connectivity index (χ0) is 22.4. The predicted octanol–water partition coefficient (Wildman–Crippen LogP) is 9.03. The van der Waals surface area contributed by atoms with E-state index in [1.807, 2.05) is 0 Å². The maximum absolute atomic E-state index is 3.62. The Morgan fingerprint density at radius 2 is 1.48 bits per heavy atom. The molecule has 0 aliphatic heterocycles. The summed E-state index contributed by atoms with van der Waals surface area (Å²) < 4.78 is 0. The van der Waals surface area contributed by atoms with E-state index in [9.17, 15) is 0 Å². The van der Waals surface area contributed by atoms with Crippen LogP contribution in [-0.4, -0.2) is 0 Å². The molecule has 0 radical (unpaired) electrons. The van der Waals surface area contributed by atoms with Gasteiger partial charge in [-0.25, -0.2) is 0 Å². The third kappa shape index (κ3) is 3.74. The number of hydrogen-bond donors (Lipinski definition) is 1. The second-order valence-corrected chi connectivity index (χ2v) is 10.7. The van der Waals surface area contributed by atoms with Crippen LogP contribution >= 0.6 is 0 Å². The van der Waals surface area contributed by atoms with Gasteiger partial charge in [-0.05, 0) is 94.7 Å². The van der Waals surface area contributed by atoms with E-state index >= 15 is 0 Å². The maximum Gasteiger partial charge on any atom is 0.0413 e. The highest BCUT2D eigenvalue weighted by atomic mass is 14.9. The van der Waals surface area contributed by atoms with Crippen molar-refractivity contribution in [2.75, 3.05) is 5.32 Å². The largest absolute Gasteiger partial charge is 0.355 e. The number of fused-ring (bicyclic) bond motifs is 3. The van der Waals surface area contributed by atoms with Gasteiger partial charge in [-0.2, -0.15) is 0 Å². The molecule has 0 aromatic heterocycles. The summed E-state index contributed by atoms with van der Waals surface area (Å²) >= 11 is 0. The van der Waals surface area contributed by atoms with E-state index in [0.717, 1.165) is 23.2 Å². The van der Waals surface area contributed by atoms with Crippen LogP contribution in [0.3, 0.4) is 0 Å². The summed E-state index contributed by atoms with van der Waals surface area (Å²) in [6.07, 6.45) is 7.05. The Hall–Kier alpha value is -3.06. The van der Waals surface area contributed by atoms with Gasteiger partial charge < -0.3 is 5.32 Å². The lowest BCUT2D eigenvalue weighted by atomic mass is 9.65. The number of anilines is 2. The quantitative estimate of drug-likeness (QED) is 0.340. The van der Waals surface area contributed by atoms with Crippen LogP contribution in [0.25, 0.3) is 21.9 Å². The van der Waals surface area contributed by atoms with E-state index in [-0.39, 0.29) is 0 Å². The third-order valence-electron chi connectivity index (χ3n) is 8.30. The molecule has 0 heterocycles. The number of nitrogens with one attached hydrogen (secondary N) is 1. The molecule has 1 heteroatoms. The minimum atomic E-state index is 0.302. The number of aryl methyl sites for hydroxylation is 1. The molecule has 166 valence electrons. The van der Waals surface area contributed by atoms with Gasteiger partial charge in [0.25, 0.3) is 0 Å². The van der Waals surface area contributed by atoms with Crippen molar-refractivity contribution in [3.05, 3.63) is 96.1 Å². The summed E-state index contributed by atoms with van der Waals surface area (Å²) in [6, 6.07) is 31.2. The van der Waals surface area contributed by atoms with Crippen molar-refractivity contribution >= 4 is 22.1 Å². The molecule has 2 bridgehead atoms. The van der Waals surface area contributed by atoms with Crippen molar-refractivity contribution in [3.8, 4) is 11.1 Å². The summed E-state index contributed by atoms with van der Waals surface area (Å²) in [5, 5.41) is 6.43. The highest BCUT2D eigenvalue weighted by Gasteiger charge is 2.42. The Balaban J connectivity index is 1.41. The predicted molar refractivity (Wildman–Crippen MR) is 141 cm³/mol. The van der Waals surface area contributed by atoms with Crippen molar-refractivity contribution in [2.24, 2.45) is 11.8 Å². The highest BCUT2D eigenvalue weighted by Crippen LogP contribution is 2.53. The summed E-state index contributed by atoms with van der Waals surface area (Å²) in [5.41, 5.74) is 8.01. The smallest absolute Gasteiger partial charge is 0.0413 e. The van der Waals surface area contributed by atoms with Gasteiger partial charge in [-0.1, -0.05) is 86.5 Å². The van der Waals surface area contributed by atoms with Crippen molar-refractivity contribution in [2.45, 2.75) is 51.4 Å². The molecule has 2 aliphatic carbocycles. The molecule has 2 saturated carbocycles. The first-order valence-corrected chi connectivity index (χ1v) is 12.5. The van der Waals surface area contributed by atoms with Crippen LogP contribution in [-0.2, 0) is 5.41 Å². The van der Waals surface area contributed by atoms with Crippen LogP contribution in [0, 0.1) is 18.8 Å². The van der Waals surface area contributed by atoms with Gasteiger partial charge in [0.1, 0.15) is 0 Å². The van der Waals surface area contributed by atoms with Crippen molar-refractivity contribution < 1.29 is 0 Å². The molecular formula is C32H33N.